The summed E-state index contributed by atoms with van der Waals surface area (Å²) < 4.78 is 0. The van der Waals surface area contributed by atoms with E-state index < -0.39 is 0 Å². The molecule has 3 amide bonds. The number of benzene rings is 2. The minimum absolute atomic E-state index is 0.0730. The van der Waals surface area contributed by atoms with Gasteiger partial charge in [-0.1, -0.05) is 44.2 Å². The molecule has 30 heavy (non-hydrogen) atoms. The van der Waals surface area contributed by atoms with E-state index in [4.69, 9.17) is 0 Å². The lowest BCUT2D eigenvalue weighted by Crippen LogP contribution is -2.36. The van der Waals surface area contributed by atoms with Gasteiger partial charge in [-0.2, -0.15) is 0 Å². The van der Waals surface area contributed by atoms with Crippen LogP contribution in [0.25, 0.3) is 0 Å². The first-order valence-electron chi connectivity index (χ1n) is 10.4. The third-order valence-corrected chi connectivity index (χ3v) is 5.02. The van der Waals surface area contributed by atoms with E-state index in [0.29, 0.717) is 18.8 Å². The van der Waals surface area contributed by atoms with Crippen molar-refractivity contribution in [3.63, 3.8) is 0 Å². The lowest BCUT2D eigenvalue weighted by molar-refractivity contribution is -0.137. The molecular weight excluding hydrogens is 376 g/mol. The first-order chi connectivity index (χ1) is 14.2. The molecule has 6 heteroatoms. The molecular formula is C24H34N4O2. The summed E-state index contributed by atoms with van der Waals surface area (Å²) in [4.78, 5) is 29.0. The summed E-state index contributed by atoms with van der Waals surface area (Å²) in [5.74, 6) is -0.0197. The standard InChI is InChI=1S/C24H34N4O2/c1-7-25-24(30)26-21-13-14-22(27(5)6)20(15-21)16-28(23(29)17(2)3)18(4)19-11-9-8-10-12-19/h8-15,17-18H,7,16H2,1-6H3,(H2,25,26,30). The van der Waals surface area contributed by atoms with E-state index >= 15 is 0 Å². The summed E-state index contributed by atoms with van der Waals surface area (Å²) in [5.41, 5.74) is 3.78. The molecule has 0 spiro atoms. The quantitative estimate of drug-likeness (QED) is 0.666. The molecule has 0 aliphatic carbocycles. The van der Waals surface area contributed by atoms with Crippen molar-refractivity contribution in [2.75, 3.05) is 30.9 Å². The van der Waals surface area contributed by atoms with Crippen LogP contribution in [0.5, 0.6) is 0 Å². The van der Waals surface area contributed by atoms with Crippen molar-refractivity contribution >= 4 is 23.3 Å². The maximum atomic E-state index is 13.1. The third kappa shape index (κ3) is 5.99. The van der Waals surface area contributed by atoms with Gasteiger partial charge in [0.25, 0.3) is 0 Å². The Balaban J connectivity index is 2.41. The van der Waals surface area contributed by atoms with Crippen LogP contribution in [0.4, 0.5) is 16.2 Å². The molecule has 0 aliphatic heterocycles. The van der Waals surface area contributed by atoms with Gasteiger partial charge in [-0.15, -0.1) is 0 Å². The van der Waals surface area contributed by atoms with Crippen LogP contribution in [0.15, 0.2) is 48.5 Å². The molecule has 0 aromatic heterocycles. The molecule has 2 aromatic rings. The Kier molecular flexibility index (Phi) is 8.27. The van der Waals surface area contributed by atoms with E-state index in [9.17, 15) is 9.59 Å². The first kappa shape index (κ1) is 23.3. The molecule has 0 saturated heterocycles. The van der Waals surface area contributed by atoms with E-state index in [1.165, 1.54) is 0 Å². The highest BCUT2D eigenvalue weighted by Crippen LogP contribution is 2.29. The smallest absolute Gasteiger partial charge is 0.319 e. The van der Waals surface area contributed by atoms with Crippen LogP contribution in [-0.2, 0) is 11.3 Å². The van der Waals surface area contributed by atoms with Crippen LogP contribution in [0.1, 0.15) is 44.9 Å². The van der Waals surface area contributed by atoms with Gasteiger partial charge in [0.15, 0.2) is 0 Å². The normalized spacial score (nSPS) is 11.7. The van der Waals surface area contributed by atoms with Gasteiger partial charge in [0.1, 0.15) is 0 Å². The van der Waals surface area contributed by atoms with Crippen molar-refractivity contribution in [3.05, 3.63) is 59.7 Å². The highest BCUT2D eigenvalue weighted by Gasteiger charge is 2.25. The fourth-order valence-corrected chi connectivity index (χ4v) is 3.39. The van der Waals surface area contributed by atoms with Crippen molar-refractivity contribution in [1.29, 1.82) is 0 Å². The largest absolute Gasteiger partial charge is 0.377 e. The SMILES string of the molecule is CCNC(=O)Nc1ccc(N(C)C)c(CN(C(=O)C(C)C)C(C)c2ccccc2)c1. The Morgan fingerprint density at radius 1 is 1.00 bits per heavy atom. The average Bonchev–Trinajstić information content (AvgIpc) is 2.71. The molecule has 6 nitrogen and oxygen atoms in total. The average molecular weight is 411 g/mol. The zero-order valence-electron chi connectivity index (χ0n) is 18.9. The number of carbonyl (C=O) groups excluding carboxylic acids is 2. The molecule has 1 atom stereocenters. The van der Waals surface area contributed by atoms with Gasteiger partial charge in [0.2, 0.25) is 5.91 Å². The van der Waals surface area contributed by atoms with Gasteiger partial charge >= 0.3 is 6.03 Å². The van der Waals surface area contributed by atoms with Gasteiger partial charge < -0.3 is 20.4 Å². The van der Waals surface area contributed by atoms with Crippen molar-refractivity contribution in [2.24, 2.45) is 5.92 Å². The minimum atomic E-state index is -0.242. The summed E-state index contributed by atoms with van der Waals surface area (Å²) >= 11 is 0. The number of nitrogens with zero attached hydrogens (tertiary/aromatic N) is 2. The number of hydrogen-bond acceptors (Lipinski definition) is 3. The molecule has 0 saturated carbocycles. The number of anilines is 2. The molecule has 2 rings (SSSR count). The number of rotatable bonds is 8. The highest BCUT2D eigenvalue weighted by molar-refractivity contribution is 5.89. The Morgan fingerprint density at radius 3 is 2.23 bits per heavy atom. The molecule has 0 bridgehead atoms. The Bertz CT molecular complexity index is 850. The fourth-order valence-electron chi connectivity index (χ4n) is 3.39. The molecule has 2 aromatic carbocycles. The third-order valence-electron chi connectivity index (χ3n) is 5.02. The Labute approximate surface area is 180 Å². The zero-order valence-corrected chi connectivity index (χ0v) is 18.9. The first-order valence-corrected chi connectivity index (χ1v) is 10.4. The Morgan fingerprint density at radius 2 is 1.67 bits per heavy atom. The molecule has 1 unspecified atom stereocenters. The summed E-state index contributed by atoms with van der Waals surface area (Å²) in [6, 6.07) is 15.5. The van der Waals surface area contributed by atoms with Crippen LogP contribution in [0.2, 0.25) is 0 Å². The summed E-state index contributed by atoms with van der Waals surface area (Å²) in [6.07, 6.45) is 0. The second-order valence-corrected chi connectivity index (χ2v) is 7.93. The number of amides is 3. The van der Waals surface area contributed by atoms with E-state index in [-0.39, 0.29) is 23.9 Å². The molecule has 0 radical (unpaired) electrons. The summed E-state index contributed by atoms with van der Waals surface area (Å²) in [6.45, 7) is 8.79. The van der Waals surface area contributed by atoms with E-state index in [0.717, 1.165) is 16.8 Å². The lowest BCUT2D eigenvalue weighted by Gasteiger charge is -2.33. The number of hydrogen-bond donors (Lipinski definition) is 2. The van der Waals surface area contributed by atoms with E-state index in [1.807, 2.05) is 93.2 Å². The van der Waals surface area contributed by atoms with Crippen LogP contribution in [0, 0.1) is 5.92 Å². The number of nitrogens with one attached hydrogen (secondary N) is 2. The van der Waals surface area contributed by atoms with Gasteiger partial charge in [-0.3, -0.25) is 4.79 Å². The monoisotopic (exact) mass is 410 g/mol. The molecule has 2 N–H and O–H groups in total. The Hall–Kier alpha value is -3.02. The topological polar surface area (TPSA) is 64.7 Å². The van der Waals surface area contributed by atoms with Crippen LogP contribution < -0.4 is 15.5 Å². The van der Waals surface area contributed by atoms with Crippen molar-refractivity contribution in [3.8, 4) is 0 Å². The molecule has 0 fully saturated rings. The molecule has 162 valence electrons. The van der Waals surface area contributed by atoms with Crippen molar-refractivity contribution in [1.82, 2.24) is 10.2 Å². The van der Waals surface area contributed by atoms with Crippen LogP contribution >= 0.6 is 0 Å². The molecule has 0 heterocycles. The van der Waals surface area contributed by atoms with Gasteiger partial charge in [-0.05, 0) is 43.2 Å². The number of urea groups is 1. The second-order valence-electron chi connectivity index (χ2n) is 7.93. The lowest BCUT2D eigenvalue weighted by atomic mass is 10.0. The summed E-state index contributed by atoms with van der Waals surface area (Å²) in [7, 11) is 3.95. The van der Waals surface area contributed by atoms with Crippen LogP contribution in [0.3, 0.4) is 0 Å². The predicted octanol–water partition coefficient (Wildman–Crippen LogP) is 4.64. The summed E-state index contributed by atoms with van der Waals surface area (Å²) in [5, 5.41) is 5.60. The van der Waals surface area contributed by atoms with Gasteiger partial charge in [0.05, 0.1) is 6.04 Å². The maximum absolute atomic E-state index is 13.1. The number of carbonyl (C=O) groups is 2. The minimum Gasteiger partial charge on any atom is -0.377 e. The van der Waals surface area contributed by atoms with Crippen molar-refractivity contribution < 1.29 is 9.59 Å². The van der Waals surface area contributed by atoms with Crippen molar-refractivity contribution in [2.45, 2.75) is 40.3 Å². The highest BCUT2D eigenvalue weighted by atomic mass is 16.2. The van der Waals surface area contributed by atoms with E-state index in [2.05, 4.69) is 17.6 Å². The maximum Gasteiger partial charge on any atom is 0.319 e. The second kappa shape index (κ2) is 10.7. The zero-order chi connectivity index (χ0) is 22.3. The predicted molar refractivity (Wildman–Crippen MR) is 124 cm³/mol. The van der Waals surface area contributed by atoms with E-state index in [1.54, 1.807) is 0 Å². The van der Waals surface area contributed by atoms with Gasteiger partial charge in [-0.25, -0.2) is 4.79 Å². The fraction of sp³-hybridized carbons (Fsp3) is 0.417. The van der Waals surface area contributed by atoms with Gasteiger partial charge in [0, 0.05) is 44.5 Å². The molecule has 0 aliphatic rings. The van der Waals surface area contributed by atoms with Crippen LogP contribution in [-0.4, -0.2) is 37.5 Å².